The van der Waals surface area contributed by atoms with Gasteiger partial charge in [0.15, 0.2) is 4.47 Å². The molecular formula is C13H12ClN5S. The van der Waals surface area contributed by atoms with E-state index in [1.165, 1.54) is 11.3 Å². The summed E-state index contributed by atoms with van der Waals surface area (Å²) in [4.78, 5) is 9.23. The van der Waals surface area contributed by atoms with E-state index in [9.17, 15) is 0 Å². The van der Waals surface area contributed by atoms with Gasteiger partial charge < -0.3 is 5.32 Å². The molecule has 2 heterocycles. The number of rotatable bonds is 4. The van der Waals surface area contributed by atoms with Gasteiger partial charge in [-0.2, -0.15) is 5.10 Å². The largest absolute Gasteiger partial charge is 0.380 e. The average molecular weight is 306 g/mol. The van der Waals surface area contributed by atoms with Gasteiger partial charge in [-0.05, 0) is 31.2 Å². The van der Waals surface area contributed by atoms with Crippen molar-refractivity contribution in [1.82, 2.24) is 19.7 Å². The first-order valence-corrected chi connectivity index (χ1v) is 7.23. The molecule has 2 aromatic heterocycles. The molecule has 20 heavy (non-hydrogen) atoms. The fraction of sp³-hybridized carbons (Fsp3) is 0.154. The lowest BCUT2D eigenvalue weighted by Crippen LogP contribution is -1.99. The molecule has 0 aliphatic rings. The first kappa shape index (κ1) is 13.1. The molecule has 3 rings (SSSR count). The molecule has 0 radical (unpaired) electrons. The predicted octanol–water partition coefficient (Wildman–Crippen LogP) is 3.30. The molecule has 1 N–H and O–H groups in total. The third-order valence-corrected chi connectivity index (χ3v) is 3.85. The standard InChI is InChI=1S/C13H12ClN5S/c1-9-17-8-19(18-9)11-4-2-10(3-5-11)15-6-12-7-16-13(14)20-12/h2-5,7-8,15H,6H2,1H3. The fourth-order valence-electron chi connectivity index (χ4n) is 1.76. The Balaban J connectivity index is 1.67. The van der Waals surface area contributed by atoms with Crippen molar-refractivity contribution >= 4 is 28.6 Å². The zero-order valence-electron chi connectivity index (χ0n) is 10.7. The van der Waals surface area contributed by atoms with Crippen LogP contribution < -0.4 is 5.32 Å². The Labute approximate surface area is 125 Å². The molecule has 0 amide bonds. The molecule has 1 aromatic carbocycles. The zero-order valence-corrected chi connectivity index (χ0v) is 12.3. The van der Waals surface area contributed by atoms with E-state index in [4.69, 9.17) is 11.6 Å². The first-order valence-electron chi connectivity index (χ1n) is 6.03. The van der Waals surface area contributed by atoms with E-state index >= 15 is 0 Å². The quantitative estimate of drug-likeness (QED) is 0.803. The van der Waals surface area contributed by atoms with E-state index < -0.39 is 0 Å². The van der Waals surface area contributed by atoms with Crippen LogP contribution >= 0.6 is 22.9 Å². The summed E-state index contributed by atoms with van der Waals surface area (Å²) in [5.74, 6) is 0.759. The summed E-state index contributed by atoms with van der Waals surface area (Å²) in [6.45, 7) is 2.58. The Morgan fingerprint density at radius 1 is 1.25 bits per heavy atom. The minimum Gasteiger partial charge on any atom is -0.380 e. The van der Waals surface area contributed by atoms with Crippen LogP contribution in [-0.4, -0.2) is 19.7 Å². The summed E-state index contributed by atoms with van der Waals surface area (Å²) < 4.78 is 2.32. The number of nitrogens with one attached hydrogen (secondary N) is 1. The predicted molar refractivity (Wildman–Crippen MR) is 80.5 cm³/mol. The van der Waals surface area contributed by atoms with Crippen molar-refractivity contribution in [3.05, 3.63) is 52.0 Å². The second kappa shape index (κ2) is 5.60. The zero-order chi connectivity index (χ0) is 13.9. The molecule has 5 nitrogen and oxygen atoms in total. The molecule has 0 saturated heterocycles. The molecule has 0 aliphatic heterocycles. The highest BCUT2D eigenvalue weighted by Gasteiger charge is 2.01. The summed E-state index contributed by atoms with van der Waals surface area (Å²) in [5, 5.41) is 7.60. The van der Waals surface area contributed by atoms with Crippen molar-refractivity contribution in [2.75, 3.05) is 5.32 Å². The molecule has 0 fully saturated rings. The number of anilines is 1. The maximum Gasteiger partial charge on any atom is 0.183 e. The number of benzene rings is 1. The van der Waals surface area contributed by atoms with E-state index in [0.717, 1.165) is 22.1 Å². The van der Waals surface area contributed by atoms with Crippen molar-refractivity contribution < 1.29 is 0 Å². The molecule has 0 saturated carbocycles. The highest BCUT2D eigenvalue weighted by Crippen LogP contribution is 2.19. The number of halogens is 1. The lowest BCUT2D eigenvalue weighted by Gasteiger charge is -2.06. The lowest BCUT2D eigenvalue weighted by molar-refractivity contribution is 0.862. The van der Waals surface area contributed by atoms with Crippen molar-refractivity contribution in [2.24, 2.45) is 0 Å². The van der Waals surface area contributed by atoms with Crippen LogP contribution in [0.15, 0.2) is 36.8 Å². The van der Waals surface area contributed by atoms with E-state index in [1.807, 2.05) is 31.2 Å². The Kier molecular flexibility index (Phi) is 3.66. The molecule has 0 aliphatic carbocycles. The van der Waals surface area contributed by atoms with Crippen molar-refractivity contribution in [3.8, 4) is 5.69 Å². The van der Waals surface area contributed by atoms with Crippen molar-refractivity contribution in [3.63, 3.8) is 0 Å². The number of hydrogen-bond donors (Lipinski definition) is 1. The Morgan fingerprint density at radius 2 is 2.05 bits per heavy atom. The topological polar surface area (TPSA) is 55.6 Å². The number of nitrogens with zero attached hydrogens (tertiary/aromatic N) is 4. The number of thiazole rings is 1. The van der Waals surface area contributed by atoms with Crippen LogP contribution in [0.3, 0.4) is 0 Å². The summed E-state index contributed by atoms with van der Waals surface area (Å²) in [7, 11) is 0. The summed E-state index contributed by atoms with van der Waals surface area (Å²) in [6, 6.07) is 8.01. The minimum atomic E-state index is 0.568. The van der Waals surface area contributed by atoms with E-state index in [-0.39, 0.29) is 0 Å². The van der Waals surface area contributed by atoms with E-state index in [1.54, 1.807) is 17.2 Å². The lowest BCUT2D eigenvalue weighted by atomic mass is 10.3. The normalized spacial score (nSPS) is 10.7. The first-order chi connectivity index (χ1) is 9.70. The summed E-state index contributed by atoms with van der Waals surface area (Å²) in [5.41, 5.74) is 2.02. The van der Waals surface area contributed by atoms with E-state index in [0.29, 0.717) is 11.0 Å². The third-order valence-electron chi connectivity index (χ3n) is 2.73. The van der Waals surface area contributed by atoms with Crippen LogP contribution in [0.5, 0.6) is 0 Å². The minimum absolute atomic E-state index is 0.568. The molecule has 102 valence electrons. The highest BCUT2D eigenvalue weighted by molar-refractivity contribution is 7.15. The van der Waals surface area contributed by atoms with Crippen LogP contribution in [0, 0.1) is 6.92 Å². The Hall–Kier alpha value is -1.92. The van der Waals surface area contributed by atoms with Gasteiger partial charge in [0.05, 0.1) is 12.2 Å². The van der Waals surface area contributed by atoms with Gasteiger partial charge in [-0.25, -0.2) is 14.6 Å². The smallest absolute Gasteiger partial charge is 0.183 e. The van der Waals surface area contributed by atoms with Crippen molar-refractivity contribution in [2.45, 2.75) is 13.5 Å². The van der Waals surface area contributed by atoms with Crippen LogP contribution in [0.2, 0.25) is 4.47 Å². The molecule has 0 unspecified atom stereocenters. The maximum absolute atomic E-state index is 5.80. The van der Waals surface area contributed by atoms with Gasteiger partial charge in [0.25, 0.3) is 0 Å². The highest BCUT2D eigenvalue weighted by atomic mass is 35.5. The Morgan fingerprint density at radius 3 is 2.65 bits per heavy atom. The van der Waals surface area contributed by atoms with E-state index in [2.05, 4.69) is 20.4 Å². The van der Waals surface area contributed by atoms with Gasteiger partial charge in [-0.3, -0.25) is 0 Å². The number of hydrogen-bond acceptors (Lipinski definition) is 5. The summed E-state index contributed by atoms with van der Waals surface area (Å²) in [6.07, 6.45) is 3.49. The monoisotopic (exact) mass is 305 g/mol. The second-order valence-corrected chi connectivity index (χ2v) is 5.91. The second-order valence-electron chi connectivity index (χ2n) is 4.22. The molecule has 7 heteroatoms. The molecule has 0 spiro atoms. The van der Waals surface area contributed by atoms with Crippen LogP contribution in [-0.2, 0) is 6.54 Å². The maximum atomic E-state index is 5.80. The van der Waals surface area contributed by atoms with Crippen LogP contribution in [0.1, 0.15) is 10.7 Å². The SMILES string of the molecule is Cc1ncn(-c2ccc(NCc3cnc(Cl)s3)cc2)n1. The van der Waals surface area contributed by atoms with Gasteiger partial charge in [-0.1, -0.05) is 11.6 Å². The van der Waals surface area contributed by atoms with Gasteiger partial charge in [0.2, 0.25) is 0 Å². The summed E-state index contributed by atoms with van der Waals surface area (Å²) >= 11 is 7.28. The average Bonchev–Trinajstić information content (AvgIpc) is 3.06. The fourth-order valence-corrected chi connectivity index (χ4v) is 2.67. The van der Waals surface area contributed by atoms with Gasteiger partial charge >= 0.3 is 0 Å². The van der Waals surface area contributed by atoms with Gasteiger partial charge in [0.1, 0.15) is 12.2 Å². The van der Waals surface area contributed by atoms with Crippen LogP contribution in [0.25, 0.3) is 5.69 Å². The van der Waals surface area contributed by atoms with Gasteiger partial charge in [0, 0.05) is 16.8 Å². The molecule has 3 aromatic rings. The third kappa shape index (κ3) is 2.97. The number of aryl methyl sites for hydroxylation is 1. The van der Waals surface area contributed by atoms with Crippen molar-refractivity contribution in [1.29, 1.82) is 0 Å². The van der Waals surface area contributed by atoms with Gasteiger partial charge in [-0.15, -0.1) is 11.3 Å². The molecule has 0 bridgehead atoms. The number of aromatic nitrogens is 4. The Bertz CT molecular complexity index is 704. The molecule has 0 atom stereocenters. The molecular weight excluding hydrogens is 294 g/mol. The van der Waals surface area contributed by atoms with Crippen LogP contribution in [0.4, 0.5) is 5.69 Å².